The number of hydrogen-bond donors (Lipinski definition) is 1. The zero-order valence-electron chi connectivity index (χ0n) is 11.6. The van der Waals surface area contributed by atoms with Gasteiger partial charge in [0.05, 0.1) is 5.75 Å². The summed E-state index contributed by atoms with van der Waals surface area (Å²) < 4.78 is 25.8. The maximum Gasteiger partial charge on any atom is 0.214 e. The second-order valence-electron chi connectivity index (χ2n) is 5.00. The Morgan fingerprint density at radius 1 is 1.17 bits per heavy atom. The molecule has 0 spiro atoms. The Morgan fingerprint density at radius 3 is 2.28 bits per heavy atom. The predicted molar refractivity (Wildman–Crippen MR) is 75.0 cm³/mol. The molecule has 5 nitrogen and oxygen atoms in total. The number of rotatable bonds is 7. The summed E-state index contributed by atoms with van der Waals surface area (Å²) in [5, 5.41) is 0. The highest BCUT2D eigenvalue weighted by molar-refractivity contribution is 7.89. The van der Waals surface area contributed by atoms with Crippen molar-refractivity contribution in [2.24, 2.45) is 5.73 Å². The molecular formula is C12H27N3O2S. The number of hydrogen-bond acceptors (Lipinski definition) is 4. The molecule has 18 heavy (non-hydrogen) atoms. The average molecular weight is 277 g/mol. The Balaban J connectivity index is 2.41. The molecule has 1 heterocycles. The van der Waals surface area contributed by atoms with Gasteiger partial charge in [-0.25, -0.2) is 8.42 Å². The van der Waals surface area contributed by atoms with Gasteiger partial charge >= 0.3 is 0 Å². The molecule has 1 saturated heterocycles. The van der Waals surface area contributed by atoms with E-state index in [0.717, 1.165) is 25.9 Å². The molecule has 0 aromatic rings. The van der Waals surface area contributed by atoms with E-state index in [1.807, 2.05) is 0 Å². The summed E-state index contributed by atoms with van der Waals surface area (Å²) in [6, 6.07) is 0.548. The van der Waals surface area contributed by atoms with Gasteiger partial charge in [-0.2, -0.15) is 4.31 Å². The Bertz CT molecular complexity index is 324. The third-order valence-electron chi connectivity index (χ3n) is 3.74. The number of sulfonamides is 1. The molecule has 0 amide bonds. The molecule has 1 atom stereocenters. The van der Waals surface area contributed by atoms with E-state index in [1.54, 1.807) is 4.31 Å². The van der Waals surface area contributed by atoms with E-state index in [9.17, 15) is 8.42 Å². The second kappa shape index (κ2) is 7.43. The molecule has 2 N–H and O–H groups in total. The molecule has 1 rings (SSSR count). The summed E-state index contributed by atoms with van der Waals surface area (Å²) >= 11 is 0. The van der Waals surface area contributed by atoms with Gasteiger partial charge in [0.2, 0.25) is 10.0 Å². The van der Waals surface area contributed by atoms with Crippen molar-refractivity contribution in [3.8, 4) is 0 Å². The van der Waals surface area contributed by atoms with Crippen molar-refractivity contribution >= 4 is 10.0 Å². The van der Waals surface area contributed by atoms with Crippen LogP contribution in [0, 0.1) is 0 Å². The van der Waals surface area contributed by atoms with Crippen molar-refractivity contribution in [2.75, 3.05) is 38.5 Å². The van der Waals surface area contributed by atoms with Crippen LogP contribution in [-0.2, 0) is 10.0 Å². The Labute approximate surface area is 111 Å². The highest BCUT2D eigenvalue weighted by atomic mass is 32.2. The molecule has 0 aromatic heterocycles. The smallest absolute Gasteiger partial charge is 0.214 e. The van der Waals surface area contributed by atoms with Crippen LogP contribution < -0.4 is 5.73 Å². The van der Waals surface area contributed by atoms with Gasteiger partial charge in [-0.15, -0.1) is 0 Å². The van der Waals surface area contributed by atoms with E-state index in [-0.39, 0.29) is 5.75 Å². The number of unbranched alkanes of at least 4 members (excludes halogenated alkanes) is 1. The van der Waals surface area contributed by atoms with E-state index in [1.165, 1.54) is 0 Å². The van der Waals surface area contributed by atoms with Crippen LogP contribution in [0.4, 0.5) is 0 Å². The molecule has 0 aromatic carbocycles. The van der Waals surface area contributed by atoms with Crippen LogP contribution in [0.1, 0.15) is 33.1 Å². The minimum absolute atomic E-state index is 0.244. The topological polar surface area (TPSA) is 66.6 Å². The van der Waals surface area contributed by atoms with Crippen molar-refractivity contribution in [3.63, 3.8) is 0 Å². The lowest BCUT2D eigenvalue weighted by molar-refractivity contribution is 0.142. The van der Waals surface area contributed by atoms with Crippen LogP contribution in [0.3, 0.4) is 0 Å². The van der Waals surface area contributed by atoms with Gasteiger partial charge in [-0.05, 0) is 32.7 Å². The summed E-state index contributed by atoms with van der Waals surface area (Å²) in [6.07, 6.45) is 2.57. The van der Waals surface area contributed by atoms with Gasteiger partial charge in [0.1, 0.15) is 0 Å². The minimum atomic E-state index is -3.06. The van der Waals surface area contributed by atoms with E-state index in [0.29, 0.717) is 32.1 Å². The van der Waals surface area contributed by atoms with Crippen LogP contribution in [0.15, 0.2) is 0 Å². The molecule has 0 saturated carbocycles. The number of piperazine rings is 1. The molecule has 1 aliphatic rings. The summed E-state index contributed by atoms with van der Waals surface area (Å²) in [5.41, 5.74) is 5.39. The van der Waals surface area contributed by atoms with Crippen LogP contribution in [0.25, 0.3) is 0 Å². The maximum atomic E-state index is 12.1. The fraction of sp³-hybridized carbons (Fsp3) is 1.00. The van der Waals surface area contributed by atoms with Gasteiger partial charge in [-0.1, -0.05) is 6.92 Å². The first-order valence-electron chi connectivity index (χ1n) is 6.93. The molecule has 1 unspecified atom stereocenters. The lowest BCUT2D eigenvalue weighted by atomic mass is 10.2. The molecule has 0 bridgehead atoms. The second-order valence-corrected chi connectivity index (χ2v) is 7.09. The van der Waals surface area contributed by atoms with Crippen LogP contribution in [-0.4, -0.2) is 62.1 Å². The van der Waals surface area contributed by atoms with E-state index in [2.05, 4.69) is 18.7 Å². The van der Waals surface area contributed by atoms with E-state index in [4.69, 9.17) is 5.73 Å². The van der Waals surface area contributed by atoms with E-state index < -0.39 is 10.0 Å². The summed E-state index contributed by atoms with van der Waals surface area (Å²) in [7, 11) is -3.06. The third-order valence-corrected chi connectivity index (χ3v) is 5.69. The van der Waals surface area contributed by atoms with E-state index >= 15 is 0 Å². The van der Waals surface area contributed by atoms with Crippen molar-refractivity contribution in [1.82, 2.24) is 9.21 Å². The number of nitrogens with two attached hydrogens (primary N) is 1. The van der Waals surface area contributed by atoms with Crippen LogP contribution in [0.5, 0.6) is 0 Å². The van der Waals surface area contributed by atoms with Crippen LogP contribution >= 0.6 is 0 Å². The van der Waals surface area contributed by atoms with Crippen molar-refractivity contribution in [3.05, 3.63) is 0 Å². The largest absolute Gasteiger partial charge is 0.330 e. The molecule has 1 aliphatic heterocycles. The fourth-order valence-corrected chi connectivity index (χ4v) is 3.79. The monoisotopic (exact) mass is 277 g/mol. The van der Waals surface area contributed by atoms with Gasteiger partial charge in [0.25, 0.3) is 0 Å². The highest BCUT2D eigenvalue weighted by Gasteiger charge is 2.27. The van der Waals surface area contributed by atoms with Gasteiger partial charge in [-0.3, -0.25) is 4.90 Å². The molecule has 6 heteroatoms. The van der Waals surface area contributed by atoms with Crippen molar-refractivity contribution in [1.29, 1.82) is 0 Å². The summed E-state index contributed by atoms with van der Waals surface area (Å²) in [5.74, 6) is 0.244. The zero-order valence-corrected chi connectivity index (χ0v) is 12.5. The van der Waals surface area contributed by atoms with Gasteiger partial charge in [0, 0.05) is 32.2 Å². The van der Waals surface area contributed by atoms with Gasteiger partial charge < -0.3 is 5.73 Å². The van der Waals surface area contributed by atoms with Gasteiger partial charge in [0.15, 0.2) is 0 Å². The Morgan fingerprint density at radius 2 is 1.78 bits per heavy atom. The van der Waals surface area contributed by atoms with Crippen molar-refractivity contribution in [2.45, 2.75) is 39.2 Å². The average Bonchev–Trinajstić information content (AvgIpc) is 2.38. The fourth-order valence-electron chi connectivity index (χ4n) is 2.24. The number of nitrogens with zero attached hydrogens (tertiary/aromatic N) is 2. The molecular weight excluding hydrogens is 250 g/mol. The lowest BCUT2D eigenvalue weighted by Crippen LogP contribution is -2.51. The standard InChI is InChI=1S/C12H27N3O2S/c1-3-12(2)14-7-9-15(10-8-14)18(16,17)11-5-4-6-13/h12H,3-11,13H2,1-2H3. The quantitative estimate of drug-likeness (QED) is 0.687. The third kappa shape index (κ3) is 4.50. The first-order valence-corrected chi connectivity index (χ1v) is 8.54. The Hall–Kier alpha value is -0.170. The molecule has 0 radical (unpaired) electrons. The molecule has 0 aliphatic carbocycles. The normalized spacial score (nSPS) is 21.1. The first-order chi connectivity index (χ1) is 8.51. The SMILES string of the molecule is CCC(C)N1CCN(S(=O)(=O)CCCCN)CC1. The molecule has 1 fully saturated rings. The Kier molecular flexibility index (Phi) is 6.55. The van der Waals surface area contributed by atoms with Crippen LogP contribution in [0.2, 0.25) is 0 Å². The lowest BCUT2D eigenvalue weighted by Gasteiger charge is -2.37. The summed E-state index contributed by atoms with van der Waals surface area (Å²) in [4.78, 5) is 2.37. The zero-order chi connectivity index (χ0) is 13.6. The first kappa shape index (κ1) is 15.9. The minimum Gasteiger partial charge on any atom is -0.330 e. The summed E-state index contributed by atoms with van der Waals surface area (Å²) in [6.45, 7) is 7.91. The highest BCUT2D eigenvalue weighted by Crippen LogP contribution is 2.13. The van der Waals surface area contributed by atoms with Crippen molar-refractivity contribution < 1.29 is 8.42 Å². The molecule has 108 valence electrons. The maximum absolute atomic E-state index is 12.1. The predicted octanol–water partition coefficient (Wildman–Crippen LogP) is 0.471.